The molecule has 0 N–H and O–H groups in total. The SMILES string of the molecule is C=CC1=C[C@@H](n2ccc(C)c2)[C@@H]2OC(C)(C)O[C@H]12. The summed E-state index contributed by atoms with van der Waals surface area (Å²) in [5.74, 6) is -0.516. The Morgan fingerprint density at radius 2 is 2.17 bits per heavy atom. The minimum absolute atomic E-state index is 0.00482. The topological polar surface area (TPSA) is 23.4 Å². The molecule has 3 heteroatoms. The molecule has 1 aromatic heterocycles. The molecule has 2 aliphatic rings. The maximum Gasteiger partial charge on any atom is 0.164 e. The highest BCUT2D eigenvalue weighted by atomic mass is 16.8. The smallest absolute Gasteiger partial charge is 0.164 e. The number of nitrogens with zero attached hydrogens (tertiary/aromatic N) is 1. The molecule has 0 saturated carbocycles. The first kappa shape index (κ1) is 11.8. The van der Waals surface area contributed by atoms with Gasteiger partial charge >= 0.3 is 0 Å². The zero-order valence-corrected chi connectivity index (χ0v) is 11.1. The lowest BCUT2D eigenvalue weighted by molar-refractivity contribution is -0.147. The lowest BCUT2D eigenvalue weighted by Gasteiger charge is -2.21. The third-order valence-electron chi connectivity index (χ3n) is 3.60. The van der Waals surface area contributed by atoms with Crippen LogP contribution < -0.4 is 0 Å². The van der Waals surface area contributed by atoms with Gasteiger partial charge in [0.1, 0.15) is 12.2 Å². The van der Waals surface area contributed by atoms with Gasteiger partial charge in [0.15, 0.2) is 5.79 Å². The van der Waals surface area contributed by atoms with Gasteiger partial charge in [0.2, 0.25) is 0 Å². The standard InChI is InChI=1S/C15H19NO2/c1-5-11-8-12(16-7-6-10(2)9-16)14-13(11)17-15(3,4)18-14/h5-9,12-14H,1H2,2-4H3/t12-,13-,14+/m1/s1. The van der Waals surface area contributed by atoms with E-state index in [1.54, 1.807) is 0 Å². The van der Waals surface area contributed by atoms with E-state index in [2.05, 4.69) is 42.6 Å². The second-order valence-electron chi connectivity index (χ2n) is 5.52. The van der Waals surface area contributed by atoms with E-state index in [4.69, 9.17) is 9.47 Å². The Bertz CT molecular complexity index is 512. The van der Waals surface area contributed by atoms with Gasteiger partial charge in [-0.15, -0.1) is 0 Å². The largest absolute Gasteiger partial charge is 0.344 e. The fourth-order valence-corrected chi connectivity index (χ4v) is 2.83. The molecule has 0 radical (unpaired) electrons. The first-order valence-electron chi connectivity index (χ1n) is 6.34. The Morgan fingerprint density at radius 3 is 2.78 bits per heavy atom. The van der Waals surface area contributed by atoms with Crippen molar-refractivity contribution in [1.82, 2.24) is 4.57 Å². The predicted octanol–water partition coefficient (Wildman–Crippen LogP) is 2.98. The normalized spacial score (nSPS) is 33.3. The fourth-order valence-electron chi connectivity index (χ4n) is 2.83. The Labute approximate surface area is 108 Å². The van der Waals surface area contributed by atoms with Crippen LogP contribution in [0.1, 0.15) is 25.5 Å². The Hall–Kier alpha value is -1.32. The van der Waals surface area contributed by atoms with Gasteiger partial charge in [0, 0.05) is 12.4 Å². The number of fused-ring (bicyclic) bond motifs is 1. The minimum atomic E-state index is -0.516. The Kier molecular flexibility index (Phi) is 2.50. The van der Waals surface area contributed by atoms with Crippen molar-refractivity contribution in [2.45, 2.75) is 44.8 Å². The molecule has 96 valence electrons. The van der Waals surface area contributed by atoms with Crippen LogP contribution in [-0.4, -0.2) is 22.6 Å². The van der Waals surface area contributed by atoms with Crippen molar-refractivity contribution in [3.05, 3.63) is 48.3 Å². The summed E-state index contributed by atoms with van der Waals surface area (Å²) < 4.78 is 14.2. The third kappa shape index (κ3) is 1.74. The molecule has 1 saturated heterocycles. The lowest BCUT2D eigenvalue weighted by atomic mass is 10.1. The van der Waals surface area contributed by atoms with Crippen LogP contribution in [0.3, 0.4) is 0 Å². The number of ether oxygens (including phenoxy) is 2. The number of hydrogen-bond acceptors (Lipinski definition) is 2. The van der Waals surface area contributed by atoms with Crippen LogP contribution in [0.2, 0.25) is 0 Å². The van der Waals surface area contributed by atoms with Crippen molar-refractivity contribution < 1.29 is 9.47 Å². The molecule has 0 amide bonds. The van der Waals surface area contributed by atoms with Crippen LogP contribution in [0.4, 0.5) is 0 Å². The zero-order chi connectivity index (χ0) is 12.9. The summed E-state index contributed by atoms with van der Waals surface area (Å²) in [6, 6.07) is 2.30. The molecule has 1 aromatic rings. The van der Waals surface area contributed by atoms with E-state index in [9.17, 15) is 0 Å². The minimum Gasteiger partial charge on any atom is -0.344 e. The molecule has 0 bridgehead atoms. The maximum absolute atomic E-state index is 6.04. The predicted molar refractivity (Wildman–Crippen MR) is 70.3 cm³/mol. The van der Waals surface area contributed by atoms with E-state index in [1.165, 1.54) is 5.56 Å². The number of hydrogen-bond donors (Lipinski definition) is 0. The van der Waals surface area contributed by atoms with Gasteiger partial charge in [-0.25, -0.2) is 0 Å². The van der Waals surface area contributed by atoms with Crippen LogP contribution in [-0.2, 0) is 9.47 Å². The third-order valence-corrected chi connectivity index (χ3v) is 3.60. The van der Waals surface area contributed by atoms with Crippen molar-refractivity contribution in [2.75, 3.05) is 0 Å². The highest BCUT2D eigenvalue weighted by molar-refractivity contribution is 5.33. The lowest BCUT2D eigenvalue weighted by Crippen LogP contribution is -2.27. The van der Waals surface area contributed by atoms with E-state index >= 15 is 0 Å². The quantitative estimate of drug-likeness (QED) is 0.799. The molecule has 3 nitrogen and oxygen atoms in total. The second-order valence-corrected chi connectivity index (χ2v) is 5.52. The van der Waals surface area contributed by atoms with Gasteiger partial charge in [0.05, 0.1) is 6.04 Å². The van der Waals surface area contributed by atoms with Crippen LogP contribution in [0.25, 0.3) is 0 Å². The summed E-state index contributed by atoms with van der Waals surface area (Å²) in [6.07, 6.45) is 8.34. The molecule has 18 heavy (non-hydrogen) atoms. The zero-order valence-electron chi connectivity index (χ0n) is 11.1. The van der Waals surface area contributed by atoms with Crippen molar-refractivity contribution in [2.24, 2.45) is 0 Å². The van der Waals surface area contributed by atoms with Crippen molar-refractivity contribution in [3.63, 3.8) is 0 Å². The second kappa shape index (κ2) is 3.84. The first-order chi connectivity index (χ1) is 8.50. The molecule has 0 aromatic carbocycles. The number of aromatic nitrogens is 1. The van der Waals surface area contributed by atoms with Crippen molar-refractivity contribution in [3.8, 4) is 0 Å². The van der Waals surface area contributed by atoms with Gasteiger partial charge < -0.3 is 14.0 Å². The molecule has 1 aliphatic carbocycles. The van der Waals surface area contributed by atoms with Crippen LogP contribution in [0.15, 0.2) is 42.8 Å². The van der Waals surface area contributed by atoms with Gasteiger partial charge in [-0.1, -0.05) is 18.7 Å². The first-order valence-corrected chi connectivity index (χ1v) is 6.34. The van der Waals surface area contributed by atoms with Crippen LogP contribution in [0, 0.1) is 6.92 Å². The molecular formula is C15H19NO2. The van der Waals surface area contributed by atoms with Crippen molar-refractivity contribution in [1.29, 1.82) is 0 Å². The molecule has 2 heterocycles. The Morgan fingerprint density at radius 1 is 1.39 bits per heavy atom. The highest BCUT2D eigenvalue weighted by Gasteiger charge is 2.49. The summed E-state index contributed by atoms with van der Waals surface area (Å²) >= 11 is 0. The summed E-state index contributed by atoms with van der Waals surface area (Å²) in [4.78, 5) is 0. The fraction of sp³-hybridized carbons (Fsp3) is 0.467. The molecule has 0 unspecified atom stereocenters. The van der Waals surface area contributed by atoms with Gasteiger partial charge in [0.25, 0.3) is 0 Å². The summed E-state index contributed by atoms with van der Waals surface area (Å²) in [7, 11) is 0. The molecular weight excluding hydrogens is 226 g/mol. The summed E-state index contributed by atoms with van der Waals surface area (Å²) in [5, 5.41) is 0. The molecule has 0 spiro atoms. The van der Waals surface area contributed by atoms with Crippen LogP contribution >= 0.6 is 0 Å². The summed E-state index contributed by atoms with van der Waals surface area (Å²) in [6.45, 7) is 9.89. The van der Waals surface area contributed by atoms with Gasteiger partial charge in [-0.05, 0) is 38.0 Å². The number of aryl methyl sites for hydroxylation is 1. The van der Waals surface area contributed by atoms with E-state index in [0.717, 1.165) is 5.57 Å². The van der Waals surface area contributed by atoms with Crippen molar-refractivity contribution >= 4 is 0 Å². The molecule has 1 fully saturated rings. The monoisotopic (exact) mass is 245 g/mol. The van der Waals surface area contributed by atoms with E-state index in [1.807, 2.05) is 19.9 Å². The Balaban J connectivity index is 1.96. The van der Waals surface area contributed by atoms with E-state index < -0.39 is 5.79 Å². The maximum atomic E-state index is 6.04. The average Bonchev–Trinajstić information content (AvgIpc) is 2.91. The van der Waals surface area contributed by atoms with Gasteiger partial charge in [-0.2, -0.15) is 0 Å². The molecule has 1 aliphatic heterocycles. The van der Waals surface area contributed by atoms with E-state index in [0.29, 0.717) is 0 Å². The molecule has 3 rings (SSSR count). The average molecular weight is 245 g/mol. The highest BCUT2D eigenvalue weighted by Crippen LogP contribution is 2.43. The van der Waals surface area contributed by atoms with Crippen LogP contribution in [0.5, 0.6) is 0 Å². The summed E-state index contributed by atoms with van der Waals surface area (Å²) in [5.41, 5.74) is 2.38. The molecule has 3 atom stereocenters. The van der Waals surface area contributed by atoms with Gasteiger partial charge in [-0.3, -0.25) is 0 Å². The van der Waals surface area contributed by atoms with E-state index in [-0.39, 0.29) is 18.2 Å². The number of rotatable bonds is 2.